The average molecular weight is 240 g/mol. The van der Waals surface area contributed by atoms with Crippen molar-refractivity contribution in [1.29, 1.82) is 0 Å². The first-order valence-corrected chi connectivity index (χ1v) is 6.02. The van der Waals surface area contributed by atoms with Crippen LogP contribution in [-0.2, 0) is 0 Å². The number of hydrogen-bond donors (Lipinski definition) is 0. The Bertz CT molecular complexity index is 380. The fraction of sp³-hybridized carbons (Fsp3) is 0.455. The van der Waals surface area contributed by atoms with Crippen molar-refractivity contribution >= 4 is 17.4 Å². The summed E-state index contributed by atoms with van der Waals surface area (Å²) in [7, 11) is 3.98. The summed E-state index contributed by atoms with van der Waals surface area (Å²) < 4.78 is 0. The van der Waals surface area contributed by atoms with E-state index in [-0.39, 0.29) is 10.6 Å². The number of nitrogens with zero attached hydrogens (tertiary/aromatic N) is 2. The SMILES string of the molecule is Cc1ccc(SCCN(C)C)c([N+](=O)[O-])c1. The van der Waals surface area contributed by atoms with Gasteiger partial charge in [-0.15, -0.1) is 11.8 Å². The highest BCUT2D eigenvalue weighted by atomic mass is 32.2. The topological polar surface area (TPSA) is 46.4 Å². The Labute approximate surface area is 99.8 Å². The first-order valence-electron chi connectivity index (χ1n) is 5.03. The van der Waals surface area contributed by atoms with Crippen molar-refractivity contribution < 1.29 is 4.92 Å². The summed E-state index contributed by atoms with van der Waals surface area (Å²) in [6, 6.07) is 5.36. The standard InChI is InChI=1S/C11H16N2O2S/c1-9-4-5-11(10(8-9)13(14)15)16-7-6-12(2)3/h4-5,8H,6-7H2,1-3H3. The van der Waals surface area contributed by atoms with Gasteiger partial charge in [0.1, 0.15) is 0 Å². The highest BCUT2D eigenvalue weighted by molar-refractivity contribution is 7.99. The lowest BCUT2D eigenvalue weighted by Gasteiger charge is -2.09. The maximum Gasteiger partial charge on any atom is 0.283 e. The van der Waals surface area contributed by atoms with Crippen LogP contribution in [0.15, 0.2) is 23.1 Å². The zero-order chi connectivity index (χ0) is 12.1. The van der Waals surface area contributed by atoms with Crippen LogP contribution in [0.3, 0.4) is 0 Å². The van der Waals surface area contributed by atoms with Gasteiger partial charge in [-0.3, -0.25) is 10.1 Å². The van der Waals surface area contributed by atoms with Crippen LogP contribution in [0.1, 0.15) is 5.56 Å². The molecule has 0 aliphatic heterocycles. The van der Waals surface area contributed by atoms with E-state index >= 15 is 0 Å². The van der Waals surface area contributed by atoms with Crippen molar-refractivity contribution in [1.82, 2.24) is 4.90 Å². The van der Waals surface area contributed by atoms with Gasteiger partial charge in [0.25, 0.3) is 5.69 Å². The molecule has 1 aromatic rings. The van der Waals surface area contributed by atoms with Gasteiger partial charge in [-0.2, -0.15) is 0 Å². The molecule has 0 unspecified atom stereocenters. The van der Waals surface area contributed by atoms with Crippen LogP contribution >= 0.6 is 11.8 Å². The molecule has 0 aromatic heterocycles. The molecule has 0 heterocycles. The summed E-state index contributed by atoms with van der Waals surface area (Å²) in [5.41, 5.74) is 1.13. The van der Waals surface area contributed by atoms with Gasteiger partial charge in [0.15, 0.2) is 0 Å². The molecule has 88 valence electrons. The smallest absolute Gasteiger partial charge is 0.283 e. The molecule has 1 aromatic carbocycles. The van der Waals surface area contributed by atoms with E-state index in [2.05, 4.69) is 4.90 Å². The fourth-order valence-corrected chi connectivity index (χ4v) is 2.35. The molecule has 0 aliphatic carbocycles. The van der Waals surface area contributed by atoms with Crippen molar-refractivity contribution in [3.05, 3.63) is 33.9 Å². The molecule has 4 nitrogen and oxygen atoms in total. The van der Waals surface area contributed by atoms with E-state index in [4.69, 9.17) is 0 Å². The largest absolute Gasteiger partial charge is 0.309 e. The van der Waals surface area contributed by atoms with Crippen LogP contribution in [0.2, 0.25) is 0 Å². The van der Waals surface area contributed by atoms with E-state index in [1.807, 2.05) is 33.2 Å². The number of benzene rings is 1. The molecule has 1 rings (SSSR count). The second-order valence-electron chi connectivity index (χ2n) is 3.88. The normalized spacial score (nSPS) is 10.8. The van der Waals surface area contributed by atoms with Gasteiger partial charge >= 0.3 is 0 Å². The molecule has 0 radical (unpaired) electrons. The Morgan fingerprint density at radius 1 is 1.44 bits per heavy atom. The first kappa shape index (κ1) is 13.0. The molecule has 0 amide bonds. The summed E-state index contributed by atoms with van der Waals surface area (Å²) in [4.78, 5) is 13.3. The Morgan fingerprint density at radius 2 is 2.12 bits per heavy atom. The predicted molar refractivity (Wildman–Crippen MR) is 67.1 cm³/mol. The highest BCUT2D eigenvalue weighted by Crippen LogP contribution is 2.29. The maximum absolute atomic E-state index is 10.9. The minimum Gasteiger partial charge on any atom is -0.309 e. The van der Waals surface area contributed by atoms with E-state index in [0.717, 1.165) is 22.8 Å². The third kappa shape index (κ3) is 3.83. The second kappa shape index (κ2) is 5.86. The Kier molecular flexibility index (Phi) is 4.76. The van der Waals surface area contributed by atoms with E-state index in [1.54, 1.807) is 6.07 Å². The Balaban J connectivity index is 2.75. The number of aryl methyl sites for hydroxylation is 1. The van der Waals surface area contributed by atoms with E-state index in [9.17, 15) is 10.1 Å². The molecule has 0 atom stereocenters. The molecule has 16 heavy (non-hydrogen) atoms. The van der Waals surface area contributed by atoms with Crippen molar-refractivity contribution in [2.75, 3.05) is 26.4 Å². The van der Waals surface area contributed by atoms with E-state index in [1.165, 1.54) is 11.8 Å². The van der Waals surface area contributed by atoms with Gasteiger partial charge in [-0.25, -0.2) is 0 Å². The third-order valence-electron chi connectivity index (χ3n) is 2.11. The van der Waals surface area contributed by atoms with E-state index in [0.29, 0.717) is 0 Å². The number of hydrogen-bond acceptors (Lipinski definition) is 4. The quantitative estimate of drug-likeness (QED) is 0.451. The zero-order valence-corrected chi connectivity index (χ0v) is 10.6. The summed E-state index contributed by atoms with van der Waals surface area (Å²) in [6.07, 6.45) is 0. The predicted octanol–water partition coefficient (Wildman–Crippen LogP) is 2.56. The second-order valence-corrected chi connectivity index (χ2v) is 5.02. The van der Waals surface area contributed by atoms with Crippen molar-refractivity contribution in [2.24, 2.45) is 0 Å². The van der Waals surface area contributed by atoms with Crippen LogP contribution in [0.25, 0.3) is 0 Å². The fourth-order valence-electron chi connectivity index (χ4n) is 1.23. The molecular weight excluding hydrogens is 224 g/mol. The number of nitro benzene ring substituents is 1. The lowest BCUT2D eigenvalue weighted by molar-refractivity contribution is -0.387. The minimum atomic E-state index is -0.314. The maximum atomic E-state index is 10.9. The summed E-state index contributed by atoms with van der Waals surface area (Å²) in [5.74, 6) is 0.858. The van der Waals surface area contributed by atoms with Gasteiger partial charge in [0, 0.05) is 18.4 Å². The van der Waals surface area contributed by atoms with Gasteiger partial charge in [-0.05, 0) is 32.6 Å². The first-order chi connectivity index (χ1) is 7.50. The molecule has 0 N–H and O–H groups in total. The van der Waals surface area contributed by atoms with Gasteiger partial charge in [0.05, 0.1) is 9.82 Å². The van der Waals surface area contributed by atoms with Crippen molar-refractivity contribution in [3.63, 3.8) is 0 Å². The molecule has 5 heteroatoms. The summed E-state index contributed by atoms with van der Waals surface area (Å²) >= 11 is 1.53. The van der Waals surface area contributed by atoms with Gasteiger partial charge < -0.3 is 4.90 Å². The number of thioether (sulfide) groups is 1. The van der Waals surface area contributed by atoms with Crippen LogP contribution in [0.5, 0.6) is 0 Å². The monoisotopic (exact) mass is 240 g/mol. The molecular formula is C11H16N2O2S. The van der Waals surface area contributed by atoms with E-state index < -0.39 is 0 Å². The molecule has 0 saturated carbocycles. The average Bonchev–Trinajstić information content (AvgIpc) is 2.19. The van der Waals surface area contributed by atoms with Crippen LogP contribution < -0.4 is 0 Å². The zero-order valence-electron chi connectivity index (χ0n) is 9.77. The Hall–Kier alpha value is -1.07. The molecule has 0 spiro atoms. The molecule has 0 saturated heterocycles. The molecule has 0 fully saturated rings. The lowest BCUT2D eigenvalue weighted by atomic mass is 10.2. The van der Waals surface area contributed by atoms with Gasteiger partial charge in [0.2, 0.25) is 0 Å². The minimum absolute atomic E-state index is 0.212. The molecule has 0 aliphatic rings. The van der Waals surface area contributed by atoms with Crippen LogP contribution in [-0.4, -0.2) is 36.2 Å². The number of rotatable bonds is 5. The summed E-state index contributed by atoms with van der Waals surface area (Å²) in [5, 5.41) is 10.9. The van der Waals surface area contributed by atoms with Gasteiger partial charge in [-0.1, -0.05) is 6.07 Å². The van der Waals surface area contributed by atoms with Crippen molar-refractivity contribution in [2.45, 2.75) is 11.8 Å². The van der Waals surface area contributed by atoms with Crippen LogP contribution in [0, 0.1) is 17.0 Å². The third-order valence-corrected chi connectivity index (χ3v) is 3.15. The Morgan fingerprint density at radius 3 is 2.69 bits per heavy atom. The van der Waals surface area contributed by atoms with Crippen molar-refractivity contribution in [3.8, 4) is 0 Å². The molecule has 0 bridgehead atoms. The lowest BCUT2D eigenvalue weighted by Crippen LogP contribution is -2.14. The summed E-state index contributed by atoms with van der Waals surface area (Å²) in [6.45, 7) is 2.77. The van der Waals surface area contributed by atoms with Crippen LogP contribution in [0.4, 0.5) is 5.69 Å². The number of nitro groups is 1. The highest BCUT2D eigenvalue weighted by Gasteiger charge is 2.13.